The number of aliphatic hydroxyl groups excluding tert-OH is 1. The maximum absolute atomic E-state index is 8.10. The van der Waals surface area contributed by atoms with Crippen molar-refractivity contribution in [2.24, 2.45) is 0 Å². The zero-order chi connectivity index (χ0) is 4.83. The van der Waals surface area contributed by atoms with Crippen LogP contribution in [0.3, 0.4) is 0 Å². The molecule has 0 fully saturated rings. The van der Waals surface area contributed by atoms with Crippen LogP contribution in [0.15, 0.2) is 0 Å². The SMILES string of the molecule is C#CCCCO.[H-].[Li+]. The Morgan fingerprint density at radius 2 is 2.29 bits per heavy atom. The van der Waals surface area contributed by atoms with E-state index in [1.807, 2.05) is 0 Å². The van der Waals surface area contributed by atoms with Crippen molar-refractivity contribution in [3.8, 4) is 12.3 Å². The van der Waals surface area contributed by atoms with Gasteiger partial charge in [0.25, 0.3) is 0 Å². The van der Waals surface area contributed by atoms with Gasteiger partial charge in [0.05, 0.1) is 0 Å². The summed E-state index contributed by atoms with van der Waals surface area (Å²) >= 11 is 0. The number of terminal acetylenes is 1. The summed E-state index contributed by atoms with van der Waals surface area (Å²) in [6, 6.07) is 0. The van der Waals surface area contributed by atoms with Crippen LogP contribution in [0.5, 0.6) is 0 Å². The summed E-state index contributed by atoms with van der Waals surface area (Å²) in [6.07, 6.45) is 6.28. The smallest absolute Gasteiger partial charge is 1.00 e. The molecule has 0 radical (unpaired) electrons. The number of unbranched alkanes of at least 4 members (excludes halogenated alkanes) is 1. The molecule has 0 rings (SSSR count). The number of hydrogen-bond acceptors (Lipinski definition) is 1. The van der Waals surface area contributed by atoms with Gasteiger partial charge in [-0.05, 0) is 6.42 Å². The summed E-state index contributed by atoms with van der Waals surface area (Å²) in [6.45, 7) is 0.212. The van der Waals surface area contributed by atoms with Gasteiger partial charge < -0.3 is 6.53 Å². The maximum atomic E-state index is 8.10. The molecule has 0 aliphatic carbocycles. The van der Waals surface area contributed by atoms with Crippen molar-refractivity contribution in [2.75, 3.05) is 6.61 Å². The molecule has 0 bridgehead atoms. The second-order valence-electron chi connectivity index (χ2n) is 1.03. The van der Waals surface area contributed by atoms with E-state index >= 15 is 0 Å². The van der Waals surface area contributed by atoms with Gasteiger partial charge in [-0.1, -0.05) is 0 Å². The van der Waals surface area contributed by atoms with Crippen LogP contribution in [-0.2, 0) is 0 Å². The molecule has 2 heteroatoms. The Hall–Kier alpha value is 0.117. The van der Waals surface area contributed by atoms with Crippen LogP contribution in [0.4, 0.5) is 0 Å². The quantitative estimate of drug-likeness (QED) is 0.227. The maximum Gasteiger partial charge on any atom is 1.00 e. The summed E-state index contributed by atoms with van der Waals surface area (Å²) < 4.78 is 0. The van der Waals surface area contributed by atoms with Gasteiger partial charge in [-0.15, -0.1) is 12.3 Å². The Kier molecular flexibility index (Phi) is 13.7. The molecule has 0 aromatic carbocycles. The first-order valence-electron chi connectivity index (χ1n) is 1.96. The van der Waals surface area contributed by atoms with Crippen molar-refractivity contribution in [1.29, 1.82) is 0 Å². The van der Waals surface area contributed by atoms with Crippen LogP contribution in [-0.4, -0.2) is 11.7 Å². The summed E-state index contributed by atoms with van der Waals surface area (Å²) in [5.41, 5.74) is 0. The molecule has 7 heavy (non-hydrogen) atoms. The molecular weight excluding hydrogens is 83.0 g/mol. The number of rotatable bonds is 2. The first kappa shape index (κ1) is 10.2. The predicted molar refractivity (Wildman–Crippen MR) is 26.3 cm³/mol. The molecule has 0 saturated heterocycles. The van der Waals surface area contributed by atoms with E-state index in [0.29, 0.717) is 6.42 Å². The van der Waals surface area contributed by atoms with Crippen LogP contribution in [0.2, 0.25) is 0 Å². The van der Waals surface area contributed by atoms with E-state index in [1.165, 1.54) is 0 Å². The standard InChI is InChI=1S/C5H8O.Li.H/c1-2-3-4-5-6;;/h1,6H,3-5H2;;/q;+1;-1. The van der Waals surface area contributed by atoms with Gasteiger partial charge in [0, 0.05) is 13.0 Å². The summed E-state index contributed by atoms with van der Waals surface area (Å²) in [5, 5.41) is 8.10. The first-order valence-corrected chi connectivity index (χ1v) is 1.96. The molecule has 0 atom stereocenters. The zero-order valence-corrected chi connectivity index (χ0v) is 4.65. The van der Waals surface area contributed by atoms with Gasteiger partial charge in [0.15, 0.2) is 0 Å². The van der Waals surface area contributed by atoms with Gasteiger partial charge in [0.2, 0.25) is 0 Å². The number of aliphatic hydroxyl groups is 1. The van der Waals surface area contributed by atoms with Crippen molar-refractivity contribution in [2.45, 2.75) is 12.8 Å². The fraction of sp³-hybridized carbons (Fsp3) is 0.600. The molecule has 0 aromatic heterocycles. The minimum absolute atomic E-state index is 0. The van der Waals surface area contributed by atoms with E-state index in [1.54, 1.807) is 0 Å². The van der Waals surface area contributed by atoms with E-state index < -0.39 is 0 Å². The summed E-state index contributed by atoms with van der Waals surface area (Å²) in [7, 11) is 0. The Labute approximate surface area is 57.8 Å². The van der Waals surface area contributed by atoms with Crippen molar-refractivity contribution in [1.82, 2.24) is 0 Å². The van der Waals surface area contributed by atoms with Crippen LogP contribution in [0.25, 0.3) is 0 Å². The van der Waals surface area contributed by atoms with Crippen molar-refractivity contribution in [3.63, 3.8) is 0 Å². The molecular formula is C5H9LiO. The fourth-order valence-corrected chi connectivity index (χ4v) is 0.181. The Morgan fingerprint density at radius 3 is 2.43 bits per heavy atom. The molecule has 0 unspecified atom stereocenters. The van der Waals surface area contributed by atoms with Crippen LogP contribution in [0.1, 0.15) is 14.3 Å². The molecule has 0 heterocycles. The van der Waals surface area contributed by atoms with E-state index in [2.05, 4.69) is 5.92 Å². The first-order chi connectivity index (χ1) is 2.91. The molecule has 36 valence electrons. The molecule has 0 aliphatic rings. The van der Waals surface area contributed by atoms with Gasteiger partial charge in [-0.3, -0.25) is 0 Å². The van der Waals surface area contributed by atoms with Gasteiger partial charge >= 0.3 is 18.9 Å². The summed E-state index contributed by atoms with van der Waals surface area (Å²) in [5.74, 6) is 2.41. The fourth-order valence-electron chi connectivity index (χ4n) is 0.181. The average Bonchev–Trinajstić information content (AvgIpc) is 1.61. The van der Waals surface area contributed by atoms with E-state index in [0.717, 1.165) is 6.42 Å². The van der Waals surface area contributed by atoms with Crippen molar-refractivity contribution >= 4 is 0 Å². The Morgan fingerprint density at radius 1 is 1.71 bits per heavy atom. The second-order valence-corrected chi connectivity index (χ2v) is 1.03. The zero-order valence-electron chi connectivity index (χ0n) is 5.65. The van der Waals surface area contributed by atoms with E-state index in [4.69, 9.17) is 11.5 Å². The molecule has 0 amide bonds. The third-order valence-electron chi connectivity index (χ3n) is 0.479. The largest absolute Gasteiger partial charge is 1.00 e. The minimum Gasteiger partial charge on any atom is -1.00 e. The minimum atomic E-state index is 0. The third kappa shape index (κ3) is 10.7. The van der Waals surface area contributed by atoms with Crippen LogP contribution in [0, 0.1) is 12.3 Å². The van der Waals surface area contributed by atoms with Gasteiger partial charge in [-0.2, -0.15) is 0 Å². The van der Waals surface area contributed by atoms with Crippen molar-refractivity contribution < 1.29 is 25.4 Å². The molecule has 0 saturated carbocycles. The Balaban J connectivity index is -0.000000125. The van der Waals surface area contributed by atoms with Crippen LogP contribution >= 0.6 is 0 Å². The second kappa shape index (κ2) is 9.45. The normalized spacial score (nSPS) is 6.29. The molecule has 1 nitrogen and oxygen atoms in total. The van der Waals surface area contributed by atoms with Crippen molar-refractivity contribution in [3.05, 3.63) is 0 Å². The number of hydrogen-bond donors (Lipinski definition) is 1. The monoisotopic (exact) mass is 92.1 g/mol. The average molecular weight is 92.1 g/mol. The molecule has 0 aliphatic heterocycles. The molecule has 0 spiro atoms. The predicted octanol–water partition coefficient (Wildman–Crippen LogP) is -2.49. The van der Waals surface area contributed by atoms with Gasteiger partial charge in [-0.25, -0.2) is 0 Å². The van der Waals surface area contributed by atoms with Gasteiger partial charge in [0.1, 0.15) is 0 Å². The van der Waals surface area contributed by atoms with E-state index in [9.17, 15) is 0 Å². The topological polar surface area (TPSA) is 20.2 Å². The molecule has 0 aromatic rings. The van der Waals surface area contributed by atoms with Crippen LogP contribution < -0.4 is 18.9 Å². The van der Waals surface area contributed by atoms with E-state index in [-0.39, 0.29) is 26.9 Å². The molecule has 1 N–H and O–H groups in total. The third-order valence-corrected chi connectivity index (χ3v) is 0.479. The Bertz CT molecular complexity index is 59.9. The summed E-state index contributed by atoms with van der Waals surface area (Å²) in [4.78, 5) is 0.